The van der Waals surface area contributed by atoms with Crippen LogP contribution < -0.4 is 0 Å². The van der Waals surface area contributed by atoms with E-state index in [1.807, 2.05) is 41.6 Å². The van der Waals surface area contributed by atoms with E-state index < -0.39 is 0 Å². The summed E-state index contributed by atoms with van der Waals surface area (Å²) in [5.74, 6) is 1.04. The summed E-state index contributed by atoms with van der Waals surface area (Å²) in [6.45, 7) is 3.23. The third-order valence-corrected chi connectivity index (χ3v) is 5.19. The molecule has 1 atom stereocenters. The minimum absolute atomic E-state index is 0.0279. The van der Waals surface area contributed by atoms with Crippen LogP contribution >= 0.6 is 11.3 Å². The zero-order valence-electron chi connectivity index (χ0n) is 13.4. The molecule has 2 aromatic heterocycles. The van der Waals surface area contributed by atoms with Crippen LogP contribution in [0.25, 0.3) is 0 Å². The second kappa shape index (κ2) is 6.20. The monoisotopic (exact) mass is 338 g/mol. The van der Waals surface area contributed by atoms with Crippen LogP contribution in [0.3, 0.4) is 0 Å². The first kappa shape index (κ1) is 15.1. The molecule has 1 aliphatic heterocycles. The van der Waals surface area contributed by atoms with Crippen molar-refractivity contribution in [2.45, 2.75) is 32.5 Å². The molecule has 122 valence electrons. The summed E-state index contributed by atoms with van der Waals surface area (Å²) in [7, 11) is 0. The maximum absolute atomic E-state index is 12.9. The highest BCUT2D eigenvalue weighted by Gasteiger charge is 2.31. The summed E-state index contributed by atoms with van der Waals surface area (Å²) in [4.78, 5) is 23.7. The minimum Gasteiger partial charge on any atom is -0.331 e. The van der Waals surface area contributed by atoms with Crippen molar-refractivity contribution in [3.8, 4) is 0 Å². The Kier molecular flexibility index (Phi) is 3.90. The quantitative estimate of drug-likeness (QED) is 0.738. The number of nitrogens with zero attached hydrogens (tertiary/aromatic N) is 4. The number of fused-ring (bicyclic) bond motifs is 1. The van der Waals surface area contributed by atoms with Crippen molar-refractivity contribution in [3.63, 3.8) is 0 Å². The van der Waals surface area contributed by atoms with E-state index in [4.69, 9.17) is 0 Å². The Morgan fingerprint density at radius 1 is 1.33 bits per heavy atom. The SMILES string of the molecule is Cc1nc(CC(=O)N2Cc3nccn3C[C@H]2c2ccccc2)cs1. The van der Waals surface area contributed by atoms with E-state index in [2.05, 4.69) is 26.7 Å². The smallest absolute Gasteiger partial charge is 0.229 e. The summed E-state index contributed by atoms with van der Waals surface area (Å²) in [5.41, 5.74) is 2.00. The van der Waals surface area contributed by atoms with Gasteiger partial charge in [-0.25, -0.2) is 9.97 Å². The molecule has 0 aliphatic carbocycles. The van der Waals surface area contributed by atoms with E-state index in [-0.39, 0.29) is 11.9 Å². The number of aromatic nitrogens is 3. The first-order valence-corrected chi connectivity index (χ1v) is 8.84. The van der Waals surface area contributed by atoms with Crippen molar-refractivity contribution in [2.24, 2.45) is 0 Å². The van der Waals surface area contributed by atoms with Crippen LogP contribution in [-0.4, -0.2) is 25.3 Å². The summed E-state index contributed by atoms with van der Waals surface area (Å²) in [5, 5.41) is 2.96. The van der Waals surface area contributed by atoms with Crippen LogP contribution in [0.5, 0.6) is 0 Å². The fraction of sp³-hybridized carbons (Fsp3) is 0.278. The molecule has 0 spiro atoms. The number of imidazole rings is 1. The Labute approximate surface area is 144 Å². The summed E-state index contributed by atoms with van der Waals surface area (Å²) >= 11 is 1.58. The molecular formula is C18H18N4OS. The predicted molar refractivity (Wildman–Crippen MR) is 92.5 cm³/mol. The van der Waals surface area contributed by atoms with Gasteiger partial charge in [-0.05, 0) is 12.5 Å². The standard InChI is InChI=1S/C18H18N4OS/c1-13-20-15(12-24-13)9-18(23)22-11-17-19-7-8-21(17)10-16(22)14-5-3-2-4-6-14/h2-8,12,16H,9-11H2,1H3/t16-/m0/s1. The molecule has 3 aromatic rings. The molecule has 0 bridgehead atoms. The number of carbonyl (C=O) groups is 1. The van der Waals surface area contributed by atoms with Gasteiger partial charge in [0, 0.05) is 24.3 Å². The van der Waals surface area contributed by atoms with E-state index >= 15 is 0 Å². The first-order chi connectivity index (χ1) is 11.7. The summed E-state index contributed by atoms with van der Waals surface area (Å²) in [6, 6.07) is 10.2. The molecule has 0 saturated heterocycles. The first-order valence-electron chi connectivity index (χ1n) is 7.96. The van der Waals surface area contributed by atoms with Gasteiger partial charge in [-0.1, -0.05) is 30.3 Å². The molecule has 0 N–H and O–H groups in total. The van der Waals surface area contributed by atoms with E-state index in [9.17, 15) is 4.79 Å². The minimum atomic E-state index is 0.0279. The van der Waals surface area contributed by atoms with Crippen molar-refractivity contribution in [3.05, 3.63) is 70.2 Å². The van der Waals surface area contributed by atoms with Gasteiger partial charge in [0.25, 0.3) is 0 Å². The highest BCUT2D eigenvalue weighted by Crippen LogP contribution is 2.29. The summed E-state index contributed by atoms with van der Waals surface area (Å²) < 4.78 is 2.13. The molecule has 1 aromatic carbocycles. The molecule has 0 fully saturated rings. The van der Waals surface area contributed by atoms with E-state index in [0.717, 1.165) is 28.6 Å². The normalized spacial score (nSPS) is 16.9. The van der Waals surface area contributed by atoms with Crippen LogP contribution in [0.1, 0.15) is 28.1 Å². The Bertz CT molecular complexity index is 855. The van der Waals surface area contributed by atoms with E-state index in [0.29, 0.717) is 13.0 Å². The molecule has 0 saturated carbocycles. The van der Waals surface area contributed by atoms with Crippen LogP contribution in [0.4, 0.5) is 0 Å². The predicted octanol–water partition coefficient (Wildman–Crippen LogP) is 2.97. The molecule has 4 rings (SSSR count). The molecule has 1 aliphatic rings. The van der Waals surface area contributed by atoms with Crippen molar-refractivity contribution >= 4 is 17.2 Å². The maximum atomic E-state index is 12.9. The van der Waals surface area contributed by atoms with E-state index in [1.54, 1.807) is 17.5 Å². The van der Waals surface area contributed by atoms with Gasteiger partial charge in [0.05, 0.1) is 29.7 Å². The second-order valence-corrected chi connectivity index (χ2v) is 7.04. The zero-order valence-corrected chi connectivity index (χ0v) is 14.2. The van der Waals surface area contributed by atoms with E-state index in [1.165, 1.54) is 0 Å². The van der Waals surface area contributed by atoms with Crippen LogP contribution in [-0.2, 0) is 24.3 Å². The Morgan fingerprint density at radius 3 is 2.92 bits per heavy atom. The third kappa shape index (κ3) is 2.85. The maximum Gasteiger partial charge on any atom is 0.229 e. The summed E-state index contributed by atoms with van der Waals surface area (Å²) in [6.07, 6.45) is 4.13. The van der Waals surface area contributed by atoms with Gasteiger partial charge >= 0.3 is 0 Å². The van der Waals surface area contributed by atoms with Gasteiger partial charge < -0.3 is 9.47 Å². The lowest BCUT2D eigenvalue weighted by atomic mass is 10.0. The number of benzene rings is 1. The fourth-order valence-corrected chi connectivity index (χ4v) is 3.79. The zero-order chi connectivity index (χ0) is 16.5. The van der Waals surface area contributed by atoms with Crippen LogP contribution in [0, 0.1) is 6.92 Å². The number of rotatable bonds is 3. The lowest BCUT2D eigenvalue weighted by Crippen LogP contribution is -2.41. The number of aryl methyl sites for hydroxylation is 1. The number of hydrogen-bond acceptors (Lipinski definition) is 4. The molecule has 6 heteroatoms. The Morgan fingerprint density at radius 2 is 2.17 bits per heavy atom. The number of amides is 1. The second-order valence-electron chi connectivity index (χ2n) is 5.98. The Hall–Kier alpha value is -2.47. The average Bonchev–Trinajstić information content (AvgIpc) is 3.22. The third-order valence-electron chi connectivity index (χ3n) is 4.36. The number of carbonyl (C=O) groups excluding carboxylic acids is 1. The molecule has 5 nitrogen and oxygen atoms in total. The van der Waals surface area contributed by atoms with Crippen molar-refractivity contribution in [1.82, 2.24) is 19.4 Å². The molecule has 0 unspecified atom stereocenters. The molecule has 24 heavy (non-hydrogen) atoms. The van der Waals surface area contributed by atoms with Gasteiger partial charge in [0.1, 0.15) is 5.82 Å². The molecular weight excluding hydrogens is 320 g/mol. The largest absolute Gasteiger partial charge is 0.331 e. The van der Waals surface area contributed by atoms with Crippen molar-refractivity contribution in [2.75, 3.05) is 0 Å². The average molecular weight is 338 g/mol. The van der Waals surface area contributed by atoms with Crippen LogP contribution in [0.15, 0.2) is 48.1 Å². The molecule has 1 amide bonds. The van der Waals surface area contributed by atoms with Gasteiger partial charge in [0.15, 0.2) is 0 Å². The number of hydrogen-bond donors (Lipinski definition) is 0. The molecule has 0 radical (unpaired) electrons. The van der Waals surface area contributed by atoms with Gasteiger partial charge in [0.2, 0.25) is 5.91 Å². The van der Waals surface area contributed by atoms with Crippen molar-refractivity contribution < 1.29 is 4.79 Å². The highest BCUT2D eigenvalue weighted by atomic mass is 32.1. The van der Waals surface area contributed by atoms with Gasteiger partial charge in [-0.2, -0.15) is 0 Å². The van der Waals surface area contributed by atoms with Crippen LogP contribution in [0.2, 0.25) is 0 Å². The topological polar surface area (TPSA) is 51.0 Å². The highest BCUT2D eigenvalue weighted by molar-refractivity contribution is 7.09. The van der Waals surface area contributed by atoms with Gasteiger partial charge in [-0.3, -0.25) is 4.79 Å². The van der Waals surface area contributed by atoms with Gasteiger partial charge in [-0.15, -0.1) is 11.3 Å². The molecule has 3 heterocycles. The number of thiazole rings is 1. The lowest BCUT2D eigenvalue weighted by molar-refractivity contribution is -0.135. The fourth-order valence-electron chi connectivity index (χ4n) is 3.17. The van der Waals surface area contributed by atoms with Crippen molar-refractivity contribution in [1.29, 1.82) is 0 Å². The lowest BCUT2D eigenvalue weighted by Gasteiger charge is -2.36. The Balaban J connectivity index is 1.64.